The van der Waals surface area contributed by atoms with Gasteiger partial charge < -0.3 is 4.57 Å². The molecule has 0 unspecified atom stereocenters. The largest absolute Gasteiger partial charge is 0.329 e. The molecule has 0 saturated carbocycles. The fraction of sp³-hybridized carbons (Fsp3) is 0.125. The number of benzene rings is 2. The fourth-order valence-electron chi connectivity index (χ4n) is 2.86. The molecular formula is C16H14N2. The zero-order valence-corrected chi connectivity index (χ0v) is 10.5. The Balaban J connectivity index is 2.37. The third-order valence-corrected chi connectivity index (χ3v) is 3.77. The highest BCUT2D eigenvalue weighted by atomic mass is 15.1. The number of aromatic nitrogens is 2. The van der Waals surface area contributed by atoms with Gasteiger partial charge in [-0.05, 0) is 36.8 Å². The molecule has 0 saturated heterocycles. The second kappa shape index (κ2) is 3.16. The quantitative estimate of drug-likeness (QED) is 0.436. The van der Waals surface area contributed by atoms with Crippen molar-refractivity contribution in [3.63, 3.8) is 0 Å². The molecule has 0 aliphatic rings. The SMILES string of the molecule is Cc1ccc2c(c1)n1c3ccccc3cc1n2C. The Morgan fingerprint density at radius 1 is 0.833 bits per heavy atom. The van der Waals surface area contributed by atoms with E-state index in [9.17, 15) is 0 Å². The van der Waals surface area contributed by atoms with Crippen LogP contribution in [0, 0.1) is 6.92 Å². The average Bonchev–Trinajstić information content (AvgIpc) is 2.87. The molecule has 2 nitrogen and oxygen atoms in total. The maximum absolute atomic E-state index is 2.34. The highest BCUT2D eigenvalue weighted by Gasteiger charge is 2.11. The van der Waals surface area contributed by atoms with Crippen molar-refractivity contribution in [2.45, 2.75) is 6.92 Å². The van der Waals surface area contributed by atoms with Gasteiger partial charge in [0.05, 0.1) is 16.6 Å². The number of nitrogens with zero attached hydrogens (tertiary/aromatic N) is 2. The monoisotopic (exact) mass is 234 g/mol. The Labute approximate surface area is 105 Å². The number of fused-ring (bicyclic) bond motifs is 5. The minimum Gasteiger partial charge on any atom is -0.329 e. The molecule has 0 aliphatic carbocycles. The van der Waals surface area contributed by atoms with Crippen LogP contribution in [0.1, 0.15) is 5.56 Å². The molecule has 0 spiro atoms. The van der Waals surface area contributed by atoms with Gasteiger partial charge in [-0.15, -0.1) is 0 Å². The number of aryl methyl sites for hydroxylation is 2. The van der Waals surface area contributed by atoms with Crippen LogP contribution in [0.2, 0.25) is 0 Å². The average molecular weight is 234 g/mol. The summed E-state index contributed by atoms with van der Waals surface area (Å²) in [7, 11) is 2.13. The lowest BCUT2D eigenvalue weighted by molar-refractivity contribution is 0.996. The molecule has 4 rings (SSSR count). The van der Waals surface area contributed by atoms with Crippen LogP contribution < -0.4 is 0 Å². The van der Waals surface area contributed by atoms with Crippen LogP contribution in [0.25, 0.3) is 27.6 Å². The van der Waals surface area contributed by atoms with E-state index >= 15 is 0 Å². The van der Waals surface area contributed by atoms with Gasteiger partial charge in [-0.3, -0.25) is 4.40 Å². The molecule has 0 atom stereocenters. The molecule has 0 radical (unpaired) electrons. The van der Waals surface area contributed by atoms with E-state index in [1.165, 1.54) is 33.1 Å². The predicted octanol–water partition coefficient (Wildman–Crippen LogP) is 3.89. The molecule has 2 heterocycles. The van der Waals surface area contributed by atoms with Gasteiger partial charge in [-0.1, -0.05) is 24.3 Å². The topological polar surface area (TPSA) is 9.34 Å². The van der Waals surface area contributed by atoms with E-state index in [4.69, 9.17) is 0 Å². The molecule has 0 amide bonds. The summed E-state index contributed by atoms with van der Waals surface area (Å²) in [6.07, 6.45) is 0. The van der Waals surface area contributed by atoms with Crippen LogP contribution in [-0.2, 0) is 7.05 Å². The molecule has 4 aromatic rings. The van der Waals surface area contributed by atoms with E-state index in [0.717, 1.165) is 0 Å². The summed E-state index contributed by atoms with van der Waals surface area (Å²) in [5.41, 5.74) is 6.39. The predicted molar refractivity (Wildman–Crippen MR) is 76.1 cm³/mol. The van der Waals surface area contributed by atoms with Crippen molar-refractivity contribution < 1.29 is 0 Å². The van der Waals surface area contributed by atoms with Gasteiger partial charge >= 0.3 is 0 Å². The summed E-state index contributed by atoms with van der Waals surface area (Å²) in [4.78, 5) is 0. The highest BCUT2D eigenvalue weighted by Crippen LogP contribution is 2.28. The molecule has 0 aliphatic heterocycles. The van der Waals surface area contributed by atoms with Crippen LogP contribution in [0.15, 0.2) is 48.5 Å². The first-order valence-electron chi connectivity index (χ1n) is 6.21. The summed E-state index contributed by atoms with van der Waals surface area (Å²) in [6, 6.07) is 17.4. The summed E-state index contributed by atoms with van der Waals surface area (Å²) >= 11 is 0. The van der Waals surface area contributed by atoms with Crippen LogP contribution in [0.3, 0.4) is 0 Å². The van der Waals surface area contributed by atoms with Gasteiger partial charge in [0.15, 0.2) is 0 Å². The molecule has 0 bridgehead atoms. The molecule has 2 aromatic heterocycles. The minimum absolute atomic E-state index is 1.25. The van der Waals surface area contributed by atoms with Crippen molar-refractivity contribution in [2.75, 3.05) is 0 Å². The molecule has 0 N–H and O–H groups in total. The summed E-state index contributed by atoms with van der Waals surface area (Å²) in [5, 5.41) is 1.30. The highest BCUT2D eigenvalue weighted by molar-refractivity contribution is 5.94. The van der Waals surface area contributed by atoms with E-state index in [2.05, 4.69) is 71.5 Å². The Kier molecular flexibility index (Phi) is 1.72. The van der Waals surface area contributed by atoms with E-state index < -0.39 is 0 Å². The lowest BCUT2D eigenvalue weighted by atomic mass is 10.2. The smallest absolute Gasteiger partial charge is 0.118 e. The van der Waals surface area contributed by atoms with Crippen LogP contribution in [0.4, 0.5) is 0 Å². The van der Waals surface area contributed by atoms with Gasteiger partial charge in [0.2, 0.25) is 0 Å². The van der Waals surface area contributed by atoms with Crippen molar-refractivity contribution in [3.8, 4) is 0 Å². The minimum atomic E-state index is 1.25. The number of rotatable bonds is 0. The van der Waals surface area contributed by atoms with Crippen LogP contribution in [-0.4, -0.2) is 8.97 Å². The normalized spacial score (nSPS) is 11.9. The number of hydrogen-bond acceptors (Lipinski definition) is 0. The zero-order chi connectivity index (χ0) is 12.3. The Morgan fingerprint density at radius 3 is 2.56 bits per heavy atom. The summed E-state index contributed by atoms with van der Waals surface area (Å²) < 4.78 is 4.60. The summed E-state index contributed by atoms with van der Waals surface area (Å²) in [5.74, 6) is 0. The van der Waals surface area contributed by atoms with Crippen molar-refractivity contribution in [1.82, 2.24) is 8.97 Å². The standard InChI is InChI=1S/C16H14N2/c1-11-7-8-14-15(9-11)18-13-6-4-3-5-12(13)10-16(18)17(14)2/h3-10H,1-2H3. The third kappa shape index (κ3) is 1.07. The van der Waals surface area contributed by atoms with Gasteiger partial charge in [-0.25, -0.2) is 0 Å². The van der Waals surface area contributed by atoms with Crippen LogP contribution >= 0.6 is 0 Å². The lowest BCUT2D eigenvalue weighted by Gasteiger charge is -1.97. The van der Waals surface area contributed by atoms with E-state index in [1.54, 1.807) is 0 Å². The molecule has 18 heavy (non-hydrogen) atoms. The maximum Gasteiger partial charge on any atom is 0.118 e. The fourth-order valence-corrected chi connectivity index (χ4v) is 2.86. The van der Waals surface area contributed by atoms with E-state index in [1.807, 2.05) is 0 Å². The van der Waals surface area contributed by atoms with Crippen molar-refractivity contribution in [2.24, 2.45) is 7.05 Å². The van der Waals surface area contributed by atoms with Gasteiger partial charge in [0.25, 0.3) is 0 Å². The maximum atomic E-state index is 2.34. The van der Waals surface area contributed by atoms with Gasteiger partial charge in [-0.2, -0.15) is 0 Å². The number of imidazole rings is 1. The second-order valence-electron chi connectivity index (χ2n) is 4.95. The van der Waals surface area contributed by atoms with E-state index in [-0.39, 0.29) is 0 Å². The molecule has 0 fully saturated rings. The third-order valence-electron chi connectivity index (χ3n) is 3.77. The number of para-hydroxylation sites is 1. The lowest BCUT2D eigenvalue weighted by Crippen LogP contribution is -1.85. The van der Waals surface area contributed by atoms with Crippen LogP contribution in [0.5, 0.6) is 0 Å². The first-order valence-corrected chi connectivity index (χ1v) is 6.21. The molecular weight excluding hydrogens is 220 g/mol. The molecule has 88 valence electrons. The van der Waals surface area contributed by atoms with Crippen molar-refractivity contribution in [3.05, 3.63) is 54.1 Å². The Bertz CT molecular complexity index is 894. The van der Waals surface area contributed by atoms with Gasteiger partial charge in [0.1, 0.15) is 5.65 Å². The summed E-state index contributed by atoms with van der Waals surface area (Å²) in [6.45, 7) is 2.14. The second-order valence-corrected chi connectivity index (χ2v) is 4.95. The molecule has 2 heteroatoms. The first kappa shape index (κ1) is 9.77. The van der Waals surface area contributed by atoms with Crippen molar-refractivity contribution >= 4 is 27.6 Å². The first-order chi connectivity index (χ1) is 8.75. The van der Waals surface area contributed by atoms with Gasteiger partial charge in [0, 0.05) is 12.4 Å². The number of hydrogen-bond donors (Lipinski definition) is 0. The molecule has 2 aromatic carbocycles. The van der Waals surface area contributed by atoms with Crippen molar-refractivity contribution in [1.29, 1.82) is 0 Å². The Hall–Kier alpha value is -2.22. The zero-order valence-electron chi connectivity index (χ0n) is 10.5. The Morgan fingerprint density at radius 2 is 1.67 bits per heavy atom. The van der Waals surface area contributed by atoms with E-state index in [0.29, 0.717) is 0 Å².